The summed E-state index contributed by atoms with van der Waals surface area (Å²) >= 11 is 5.14. The molecule has 1 heterocycles. The van der Waals surface area contributed by atoms with Gasteiger partial charge in [0.25, 0.3) is 5.91 Å². The standard InChI is InChI=1S/C19H27N3O3S/c1-2-3-4-7-17(23)22-19(26)21-15-10-8-14(9-11-15)18(24)20-13-16-6-5-12-25-16/h8-11,16H,2-7,12-13H2,1H3,(H,20,24)(H2,21,22,23,26). The lowest BCUT2D eigenvalue weighted by Gasteiger charge is -2.12. The van der Waals surface area contributed by atoms with E-state index in [4.69, 9.17) is 17.0 Å². The maximum absolute atomic E-state index is 12.1. The monoisotopic (exact) mass is 377 g/mol. The average molecular weight is 378 g/mol. The maximum Gasteiger partial charge on any atom is 0.251 e. The van der Waals surface area contributed by atoms with E-state index < -0.39 is 0 Å². The van der Waals surface area contributed by atoms with Gasteiger partial charge in [0.1, 0.15) is 0 Å². The van der Waals surface area contributed by atoms with Gasteiger partial charge in [-0.3, -0.25) is 9.59 Å². The molecule has 0 aliphatic carbocycles. The van der Waals surface area contributed by atoms with Crippen molar-refractivity contribution in [3.63, 3.8) is 0 Å². The molecule has 0 radical (unpaired) electrons. The van der Waals surface area contributed by atoms with Crippen molar-refractivity contribution in [2.75, 3.05) is 18.5 Å². The molecule has 1 aromatic rings. The Morgan fingerprint density at radius 3 is 2.65 bits per heavy atom. The largest absolute Gasteiger partial charge is 0.376 e. The van der Waals surface area contributed by atoms with Crippen LogP contribution >= 0.6 is 12.2 Å². The third-order valence-corrected chi connectivity index (χ3v) is 4.38. The molecule has 2 rings (SSSR count). The predicted molar refractivity (Wildman–Crippen MR) is 106 cm³/mol. The molecular formula is C19H27N3O3S. The Morgan fingerprint density at radius 2 is 2.00 bits per heavy atom. The fourth-order valence-corrected chi connectivity index (χ4v) is 2.94. The quantitative estimate of drug-likeness (QED) is 0.479. The topological polar surface area (TPSA) is 79.5 Å². The number of thiocarbonyl (C=S) groups is 1. The first-order valence-corrected chi connectivity index (χ1v) is 9.60. The summed E-state index contributed by atoms with van der Waals surface area (Å²) in [7, 11) is 0. The summed E-state index contributed by atoms with van der Waals surface area (Å²) in [5, 5.41) is 8.77. The van der Waals surface area contributed by atoms with Crippen LogP contribution < -0.4 is 16.0 Å². The fraction of sp³-hybridized carbons (Fsp3) is 0.526. The molecule has 1 atom stereocenters. The molecule has 1 unspecified atom stereocenters. The van der Waals surface area contributed by atoms with Crippen LogP contribution in [0.25, 0.3) is 0 Å². The van der Waals surface area contributed by atoms with Crippen LogP contribution in [0, 0.1) is 0 Å². The number of nitrogens with one attached hydrogen (secondary N) is 3. The number of ether oxygens (including phenoxy) is 1. The molecule has 26 heavy (non-hydrogen) atoms. The molecule has 0 spiro atoms. The Balaban J connectivity index is 1.74. The van der Waals surface area contributed by atoms with Crippen molar-refractivity contribution in [2.24, 2.45) is 0 Å². The number of benzene rings is 1. The Labute approximate surface area is 160 Å². The van der Waals surface area contributed by atoms with Crippen LogP contribution in [0.3, 0.4) is 0 Å². The molecule has 0 saturated carbocycles. The third-order valence-electron chi connectivity index (χ3n) is 4.18. The van der Waals surface area contributed by atoms with Gasteiger partial charge in [0.15, 0.2) is 5.11 Å². The molecule has 0 bridgehead atoms. The van der Waals surface area contributed by atoms with Crippen molar-refractivity contribution >= 4 is 34.8 Å². The zero-order valence-electron chi connectivity index (χ0n) is 15.2. The second kappa shape index (κ2) is 10.9. The lowest BCUT2D eigenvalue weighted by atomic mass is 10.2. The molecule has 1 aliphatic rings. The molecule has 1 fully saturated rings. The minimum atomic E-state index is -0.126. The zero-order valence-corrected chi connectivity index (χ0v) is 16.0. The molecule has 0 aromatic heterocycles. The van der Waals surface area contributed by atoms with Crippen LogP contribution in [0.1, 0.15) is 55.8 Å². The first kappa shape index (κ1) is 20.3. The summed E-state index contributed by atoms with van der Waals surface area (Å²) in [6.07, 6.45) is 5.60. The third kappa shape index (κ3) is 7.09. The average Bonchev–Trinajstić information content (AvgIpc) is 3.14. The van der Waals surface area contributed by atoms with Gasteiger partial charge in [0.05, 0.1) is 6.10 Å². The van der Waals surface area contributed by atoms with E-state index in [0.717, 1.165) is 44.4 Å². The van der Waals surface area contributed by atoms with E-state index in [2.05, 4.69) is 22.9 Å². The Kier molecular flexibility index (Phi) is 8.50. The summed E-state index contributed by atoms with van der Waals surface area (Å²) in [5.74, 6) is -0.208. The van der Waals surface area contributed by atoms with Gasteiger partial charge in [-0.05, 0) is 55.7 Å². The first-order valence-electron chi connectivity index (χ1n) is 9.19. The van der Waals surface area contributed by atoms with E-state index in [1.54, 1.807) is 24.3 Å². The van der Waals surface area contributed by atoms with Crippen LogP contribution in [0.2, 0.25) is 0 Å². The number of hydrogen-bond donors (Lipinski definition) is 3. The van der Waals surface area contributed by atoms with Gasteiger partial charge in [-0.15, -0.1) is 0 Å². The number of carbonyl (C=O) groups is 2. The Hall–Kier alpha value is -1.99. The lowest BCUT2D eigenvalue weighted by molar-refractivity contribution is -0.119. The Bertz CT molecular complexity index is 613. The van der Waals surface area contributed by atoms with Crippen molar-refractivity contribution in [3.8, 4) is 0 Å². The minimum Gasteiger partial charge on any atom is -0.376 e. The highest BCUT2D eigenvalue weighted by Crippen LogP contribution is 2.12. The van der Waals surface area contributed by atoms with Gasteiger partial charge >= 0.3 is 0 Å². The van der Waals surface area contributed by atoms with Gasteiger partial charge < -0.3 is 20.7 Å². The van der Waals surface area contributed by atoms with Crippen molar-refractivity contribution in [3.05, 3.63) is 29.8 Å². The van der Waals surface area contributed by atoms with E-state index in [0.29, 0.717) is 18.5 Å². The van der Waals surface area contributed by atoms with E-state index in [9.17, 15) is 9.59 Å². The van der Waals surface area contributed by atoms with E-state index in [-0.39, 0.29) is 23.0 Å². The molecule has 1 aliphatic heterocycles. The van der Waals surface area contributed by atoms with Crippen LogP contribution in [0.15, 0.2) is 24.3 Å². The molecule has 3 N–H and O–H groups in total. The van der Waals surface area contributed by atoms with Crippen molar-refractivity contribution < 1.29 is 14.3 Å². The van der Waals surface area contributed by atoms with Crippen LogP contribution in [-0.4, -0.2) is 36.2 Å². The van der Waals surface area contributed by atoms with Crippen molar-refractivity contribution in [2.45, 2.75) is 51.6 Å². The number of unbranched alkanes of at least 4 members (excludes halogenated alkanes) is 2. The fourth-order valence-electron chi connectivity index (χ4n) is 2.71. The molecule has 142 valence electrons. The lowest BCUT2D eigenvalue weighted by Crippen LogP contribution is -2.34. The highest BCUT2D eigenvalue weighted by molar-refractivity contribution is 7.80. The summed E-state index contributed by atoms with van der Waals surface area (Å²) in [6.45, 7) is 3.40. The number of amides is 2. The summed E-state index contributed by atoms with van der Waals surface area (Å²) in [5.41, 5.74) is 1.29. The minimum absolute atomic E-state index is 0.0823. The van der Waals surface area contributed by atoms with Gasteiger partial charge in [-0.2, -0.15) is 0 Å². The normalized spacial score (nSPS) is 16.1. The number of hydrogen-bond acceptors (Lipinski definition) is 4. The summed E-state index contributed by atoms with van der Waals surface area (Å²) in [4.78, 5) is 23.9. The van der Waals surface area contributed by atoms with E-state index in [1.807, 2.05) is 0 Å². The highest BCUT2D eigenvalue weighted by Gasteiger charge is 2.16. The Morgan fingerprint density at radius 1 is 1.23 bits per heavy atom. The van der Waals surface area contributed by atoms with Crippen molar-refractivity contribution in [1.82, 2.24) is 10.6 Å². The first-order chi connectivity index (χ1) is 12.6. The van der Waals surface area contributed by atoms with Gasteiger partial charge in [-0.1, -0.05) is 19.8 Å². The van der Waals surface area contributed by atoms with Gasteiger partial charge in [0.2, 0.25) is 5.91 Å². The van der Waals surface area contributed by atoms with Crippen LogP contribution in [-0.2, 0) is 9.53 Å². The zero-order chi connectivity index (χ0) is 18.8. The molecule has 1 aromatic carbocycles. The molecule has 2 amide bonds. The second-order valence-corrected chi connectivity index (χ2v) is 6.79. The maximum atomic E-state index is 12.1. The molecule has 6 nitrogen and oxygen atoms in total. The SMILES string of the molecule is CCCCCC(=O)NC(=S)Nc1ccc(C(=O)NCC2CCCO2)cc1. The van der Waals surface area contributed by atoms with Gasteiger partial charge in [0, 0.05) is 30.8 Å². The van der Waals surface area contributed by atoms with E-state index in [1.165, 1.54) is 0 Å². The number of carbonyl (C=O) groups excluding carboxylic acids is 2. The smallest absolute Gasteiger partial charge is 0.251 e. The second-order valence-electron chi connectivity index (χ2n) is 6.38. The number of anilines is 1. The van der Waals surface area contributed by atoms with Gasteiger partial charge in [-0.25, -0.2) is 0 Å². The van der Waals surface area contributed by atoms with Crippen LogP contribution in [0.4, 0.5) is 5.69 Å². The van der Waals surface area contributed by atoms with Crippen molar-refractivity contribution in [1.29, 1.82) is 0 Å². The van der Waals surface area contributed by atoms with E-state index >= 15 is 0 Å². The number of rotatable bonds is 8. The predicted octanol–water partition coefficient (Wildman–Crippen LogP) is 2.99. The van der Waals surface area contributed by atoms with Crippen LogP contribution in [0.5, 0.6) is 0 Å². The summed E-state index contributed by atoms with van der Waals surface area (Å²) < 4.78 is 5.49. The molecular weight excluding hydrogens is 350 g/mol. The summed E-state index contributed by atoms with van der Waals surface area (Å²) in [6, 6.07) is 6.96. The molecule has 1 saturated heterocycles. The highest BCUT2D eigenvalue weighted by atomic mass is 32.1. The molecule has 7 heteroatoms.